The number of anilines is 1. The zero-order valence-corrected chi connectivity index (χ0v) is 12.8. The fourth-order valence-corrected chi connectivity index (χ4v) is 2.99. The first-order valence-electron chi connectivity index (χ1n) is 6.60. The van der Waals surface area contributed by atoms with Gasteiger partial charge >= 0.3 is 0 Å². The summed E-state index contributed by atoms with van der Waals surface area (Å²) in [6.45, 7) is 4.31. The molecule has 0 saturated carbocycles. The molecular weight excluding hydrogens is 296 g/mol. The second-order valence-electron chi connectivity index (χ2n) is 4.61. The number of hydrazine groups is 1. The fraction of sp³-hybridized carbons (Fsp3) is 0.500. The molecule has 0 bridgehead atoms. The minimum atomic E-state index is -3.72. The van der Waals surface area contributed by atoms with Gasteiger partial charge in [0.05, 0.1) is 9.82 Å². The summed E-state index contributed by atoms with van der Waals surface area (Å²) in [5.74, 6) is 5.45. The Labute approximate surface area is 123 Å². The predicted molar refractivity (Wildman–Crippen MR) is 80.2 cm³/mol. The van der Waals surface area contributed by atoms with Crippen molar-refractivity contribution in [3.8, 4) is 0 Å². The van der Waals surface area contributed by atoms with E-state index in [1.807, 2.05) is 13.8 Å². The first-order valence-corrected chi connectivity index (χ1v) is 8.08. The lowest BCUT2D eigenvalue weighted by Crippen LogP contribution is -2.29. The Morgan fingerprint density at radius 2 is 1.95 bits per heavy atom. The normalized spacial score (nSPS) is 11.6. The molecule has 0 spiro atoms. The Morgan fingerprint density at radius 3 is 2.43 bits per heavy atom. The van der Waals surface area contributed by atoms with Crippen LogP contribution in [0, 0.1) is 16.0 Å². The SMILES string of the molecule is CCC(CC)CNS(=O)(=O)c1ccc([N+](=O)[O-])c(NN)c1. The zero-order valence-electron chi connectivity index (χ0n) is 12.0. The van der Waals surface area contributed by atoms with Gasteiger partial charge in [0.15, 0.2) is 0 Å². The quantitative estimate of drug-likeness (QED) is 0.380. The smallest absolute Gasteiger partial charge is 0.293 e. The number of hydrogen-bond donors (Lipinski definition) is 3. The third-order valence-corrected chi connectivity index (χ3v) is 4.77. The van der Waals surface area contributed by atoms with Crippen molar-refractivity contribution in [1.82, 2.24) is 4.72 Å². The summed E-state index contributed by atoms with van der Waals surface area (Å²) >= 11 is 0. The van der Waals surface area contributed by atoms with Gasteiger partial charge in [-0.15, -0.1) is 0 Å². The molecule has 21 heavy (non-hydrogen) atoms. The van der Waals surface area contributed by atoms with Crippen molar-refractivity contribution in [3.05, 3.63) is 28.3 Å². The largest absolute Gasteiger partial charge is 0.318 e. The summed E-state index contributed by atoms with van der Waals surface area (Å²) in [7, 11) is -3.72. The van der Waals surface area contributed by atoms with Crippen LogP contribution >= 0.6 is 0 Å². The maximum Gasteiger partial charge on any atom is 0.293 e. The first-order chi connectivity index (χ1) is 9.85. The molecular formula is C12H20N4O4S. The Hall–Kier alpha value is -1.71. The van der Waals surface area contributed by atoms with E-state index in [-0.39, 0.29) is 22.2 Å². The molecule has 0 aliphatic rings. The second-order valence-corrected chi connectivity index (χ2v) is 6.38. The van der Waals surface area contributed by atoms with Crippen LogP contribution in [0.2, 0.25) is 0 Å². The van der Waals surface area contributed by atoms with E-state index in [1.54, 1.807) is 0 Å². The third kappa shape index (κ3) is 4.38. The van der Waals surface area contributed by atoms with Gasteiger partial charge < -0.3 is 5.43 Å². The molecule has 0 amide bonds. The van der Waals surface area contributed by atoms with Gasteiger partial charge in [-0.25, -0.2) is 13.1 Å². The van der Waals surface area contributed by atoms with Gasteiger partial charge in [0.1, 0.15) is 5.69 Å². The van der Waals surface area contributed by atoms with Gasteiger partial charge in [0, 0.05) is 12.6 Å². The Balaban J connectivity index is 3.01. The van der Waals surface area contributed by atoms with Crippen molar-refractivity contribution in [2.75, 3.05) is 12.0 Å². The van der Waals surface area contributed by atoms with Crippen LogP contribution in [0.5, 0.6) is 0 Å². The lowest BCUT2D eigenvalue weighted by atomic mass is 10.0. The Bertz CT molecular complexity index is 599. The van der Waals surface area contributed by atoms with Gasteiger partial charge in [0.2, 0.25) is 10.0 Å². The number of rotatable bonds is 8. The molecule has 0 unspecified atom stereocenters. The lowest BCUT2D eigenvalue weighted by molar-refractivity contribution is -0.384. The average Bonchev–Trinajstić information content (AvgIpc) is 2.47. The maximum atomic E-state index is 12.2. The van der Waals surface area contributed by atoms with Crippen molar-refractivity contribution < 1.29 is 13.3 Å². The van der Waals surface area contributed by atoms with Gasteiger partial charge in [-0.05, 0) is 18.1 Å². The van der Waals surface area contributed by atoms with Crippen molar-refractivity contribution >= 4 is 21.4 Å². The summed E-state index contributed by atoms with van der Waals surface area (Å²) < 4.78 is 26.8. The third-order valence-electron chi connectivity index (χ3n) is 3.35. The zero-order chi connectivity index (χ0) is 16.0. The van der Waals surface area contributed by atoms with E-state index in [2.05, 4.69) is 10.1 Å². The number of nitrogens with zero attached hydrogens (tertiary/aromatic N) is 1. The van der Waals surface area contributed by atoms with E-state index in [1.165, 1.54) is 6.07 Å². The number of sulfonamides is 1. The number of nitrogens with one attached hydrogen (secondary N) is 2. The number of nitrogens with two attached hydrogens (primary N) is 1. The van der Waals surface area contributed by atoms with E-state index in [9.17, 15) is 18.5 Å². The molecule has 0 saturated heterocycles. The molecule has 4 N–H and O–H groups in total. The molecule has 1 aromatic carbocycles. The van der Waals surface area contributed by atoms with E-state index in [0.29, 0.717) is 6.54 Å². The molecule has 1 aromatic rings. The summed E-state index contributed by atoms with van der Waals surface area (Å²) in [5, 5.41) is 10.8. The van der Waals surface area contributed by atoms with Gasteiger partial charge in [-0.2, -0.15) is 0 Å². The standard InChI is InChI=1S/C12H20N4O4S/c1-3-9(4-2)8-14-21(19,20)10-5-6-12(16(17)18)11(7-10)15-13/h5-7,9,14-15H,3-4,8,13H2,1-2H3. The molecule has 9 heteroatoms. The number of nitro groups is 1. The molecule has 0 aliphatic carbocycles. The molecule has 0 fully saturated rings. The molecule has 0 atom stereocenters. The van der Waals surface area contributed by atoms with Crippen molar-refractivity contribution in [2.45, 2.75) is 31.6 Å². The molecule has 0 radical (unpaired) electrons. The van der Waals surface area contributed by atoms with Crippen molar-refractivity contribution in [3.63, 3.8) is 0 Å². The number of nitro benzene ring substituents is 1. The van der Waals surface area contributed by atoms with Crippen LogP contribution < -0.4 is 16.0 Å². The van der Waals surface area contributed by atoms with Gasteiger partial charge in [-0.1, -0.05) is 26.7 Å². The molecule has 8 nitrogen and oxygen atoms in total. The molecule has 0 aliphatic heterocycles. The highest BCUT2D eigenvalue weighted by atomic mass is 32.2. The van der Waals surface area contributed by atoms with Crippen LogP contribution in [0.15, 0.2) is 23.1 Å². The molecule has 1 rings (SSSR count). The number of hydrogen-bond acceptors (Lipinski definition) is 6. The highest BCUT2D eigenvalue weighted by Crippen LogP contribution is 2.26. The summed E-state index contributed by atoms with van der Waals surface area (Å²) in [4.78, 5) is 10.1. The van der Waals surface area contributed by atoms with E-state index in [4.69, 9.17) is 5.84 Å². The Kier molecular flexibility index (Phi) is 6.06. The highest BCUT2D eigenvalue weighted by molar-refractivity contribution is 7.89. The molecule has 0 aromatic heterocycles. The minimum absolute atomic E-state index is 0.0505. The fourth-order valence-electron chi connectivity index (χ4n) is 1.85. The van der Waals surface area contributed by atoms with Crippen molar-refractivity contribution in [1.29, 1.82) is 0 Å². The van der Waals surface area contributed by atoms with Crippen LogP contribution in [0.25, 0.3) is 0 Å². The first kappa shape index (κ1) is 17.3. The van der Waals surface area contributed by atoms with Gasteiger partial charge in [-0.3, -0.25) is 16.0 Å². The molecule has 0 heterocycles. The predicted octanol–water partition coefficient (Wildman–Crippen LogP) is 1.59. The van der Waals surface area contributed by atoms with Crippen LogP contribution in [0.3, 0.4) is 0 Å². The number of benzene rings is 1. The monoisotopic (exact) mass is 316 g/mol. The maximum absolute atomic E-state index is 12.2. The summed E-state index contributed by atoms with van der Waals surface area (Å²) in [6, 6.07) is 3.45. The summed E-state index contributed by atoms with van der Waals surface area (Å²) in [6.07, 6.45) is 1.74. The number of nitrogen functional groups attached to an aromatic ring is 1. The van der Waals surface area contributed by atoms with Crippen LogP contribution in [-0.4, -0.2) is 19.9 Å². The average molecular weight is 316 g/mol. The van der Waals surface area contributed by atoms with Crippen molar-refractivity contribution in [2.24, 2.45) is 11.8 Å². The van der Waals surface area contributed by atoms with Crippen LogP contribution in [0.4, 0.5) is 11.4 Å². The van der Waals surface area contributed by atoms with E-state index < -0.39 is 14.9 Å². The minimum Gasteiger partial charge on any atom is -0.318 e. The molecule has 118 valence electrons. The van der Waals surface area contributed by atoms with Crippen LogP contribution in [0.1, 0.15) is 26.7 Å². The van der Waals surface area contributed by atoms with Gasteiger partial charge in [0.25, 0.3) is 5.69 Å². The van der Waals surface area contributed by atoms with Crippen LogP contribution in [-0.2, 0) is 10.0 Å². The summed E-state index contributed by atoms with van der Waals surface area (Å²) in [5.41, 5.74) is 1.81. The lowest BCUT2D eigenvalue weighted by Gasteiger charge is -2.14. The second kappa shape index (κ2) is 7.34. The highest BCUT2D eigenvalue weighted by Gasteiger charge is 2.20. The van der Waals surface area contributed by atoms with E-state index >= 15 is 0 Å². The topological polar surface area (TPSA) is 127 Å². The van der Waals surface area contributed by atoms with E-state index in [0.717, 1.165) is 25.0 Å². The Morgan fingerprint density at radius 1 is 1.33 bits per heavy atom.